The fourth-order valence-electron chi connectivity index (χ4n) is 1.01. The van der Waals surface area contributed by atoms with Crippen molar-refractivity contribution in [3.8, 4) is 11.5 Å². The van der Waals surface area contributed by atoms with Crippen molar-refractivity contribution in [3.63, 3.8) is 0 Å². The zero-order chi connectivity index (χ0) is 8.97. The van der Waals surface area contributed by atoms with Crippen LogP contribution in [-0.2, 0) is 6.42 Å². The Labute approximate surface area is 121 Å². The SMILES string of the molecule is C=CCc1ccc([O-])c(OC)c1.[K+]. The van der Waals surface area contributed by atoms with E-state index >= 15 is 0 Å². The summed E-state index contributed by atoms with van der Waals surface area (Å²) in [6, 6.07) is 5.04. The zero-order valence-corrected chi connectivity index (χ0v) is 11.2. The first-order valence-corrected chi connectivity index (χ1v) is 3.72. The Morgan fingerprint density at radius 1 is 1.54 bits per heavy atom. The Kier molecular flexibility index (Phi) is 6.72. The van der Waals surface area contributed by atoms with Crippen LogP contribution in [0.4, 0.5) is 0 Å². The van der Waals surface area contributed by atoms with Crippen molar-refractivity contribution >= 4 is 0 Å². The van der Waals surface area contributed by atoms with Gasteiger partial charge in [0.25, 0.3) is 0 Å². The van der Waals surface area contributed by atoms with E-state index in [1.807, 2.05) is 0 Å². The van der Waals surface area contributed by atoms with Crippen molar-refractivity contribution in [2.45, 2.75) is 6.42 Å². The summed E-state index contributed by atoms with van der Waals surface area (Å²) in [6.07, 6.45) is 2.55. The predicted octanol–water partition coefficient (Wildman–Crippen LogP) is -1.50. The quantitative estimate of drug-likeness (QED) is 0.441. The third kappa shape index (κ3) is 3.83. The normalized spacial score (nSPS) is 8.69. The van der Waals surface area contributed by atoms with Crippen LogP contribution in [0.3, 0.4) is 0 Å². The molecule has 0 amide bonds. The van der Waals surface area contributed by atoms with Crippen molar-refractivity contribution in [2.75, 3.05) is 7.11 Å². The third-order valence-electron chi connectivity index (χ3n) is 1.61. The Balaban J connectivity index is 0.00000144. The van der Waals surface area contributed by atoms with Crippen LogP contribution >= 0.6 is 0 Å². The number of hydrogen-bond acceptors (Lipinski definition) is 2. The van der Waals surface area contributed by atoms with Gasteiger partial charge in [-0.05, 0) is 18.1 Å². The molecule has 0 bridgehead atoms. The van der Waals surface area contributed by atoms with Gasteiger partial charge in [-0.15, -0.1) is 6.58 Å². The standard InChI is InChI=1S/C10H12O2.K/c1-3-4-8-5-6-9(11)10(7-8)12-2;/h3,5-7,11H,1,4H2,2H3;/q;+1/p-1. The molecule has 0 aromatic heterocycles. The van der Waals surface area contributed by atoms with E-state index in [1.165, 1.54) is 13.2 Å². The van der Waals surface area contributed by atoms with E-state index < -0.39 is 0 Å². The van der Waals surface area contributed by atoms with Crippen molar-refractivity contribution in [2.24, 2.45) is 0 Å². The largest absolute Gasteiger partial charge is 1.00 e. The number of rotatable bonds is 3. The van der Waals surface area contributed by atoms with Crippen LogP contribution in [0.5, 0.6) is 11.5 Å². The van der Waals surface area contributed by atoms with E-state index in [2.05, 4.69) is 6.58 Å². The van der Waals surface area contributed by atoms with Gasteiger partial charge < -0.3 is 9.84 Å². The minimum absolute atomic E-state index is 0. The van der Waals surface area contributed by atoms with Gasteiger partial charge in [0.15, 0.2) is 0 Å². The first-order valence-electron chi connectivity index (χ1n) is 3.72. The topological polar surface area (TPSA) is 32.3 Å². The smallest absolute Gasteiger partial charge is 0.870 e. The van der Waals surface area contributed by atoms with Crippen LogP contribution in [0, 0.1) is 0 Å². The van der Waals surface area contributed by atoms with Crippen molar-refractivity contribution < 1.29 is 61.2 Å². The molecule has 0 aliphatic rings. The summed E-state index contributed by atoms with van der Waals surface area (Å²) in [5.74, 6) is 0.319. The number of methoxy groups -OCH3 is 1. The fourth-order valence-corrected chi connectivity index (χ4v) is 1.01. The summed E-state index contributed by atoms with van der Waals surface area (Å²) in [4.78, 5) is 0. The van der Waals surface area contributed by atoms with Gasteiger partial charge in [0.05, 0.1) is 7.11 Å². The Hall–Kier alpha value is 0.196. The van der Waals surface area contributed by atoms with Crippen LogP contribution in [0.2, 0.25) is 0 Å². The molecule has 0 saturated heterocycles. The zero-order valence-electron chi connectivity index (χ0n) is 8.04. The monoisotopic (exact) mass is 202 g/mol. The van der Waals surface area contributed by atoms with Gasteiger partial charge in [0.1, 0.15) is 5.75 Å². The second-order valence-corrected chi connectivity index (χ2v) is 2.48. The third-order valence-corrected chi connectivity index (χ3v) is 1.61. The molecular formula is C10H11KO2. The summed E-state index contributed by atoms with van der Waals surface area (Å²) in [6.45, 7) is 3.61. The molecule has 0 spiro atoms. The first-order chi connectivity index (χ1) is 5.77. The molecule has 0 radical (unpaired) electrons. The Bertz CT molecular complexity index is 284. The van der Waals surface area contributed by atoms with Crippen LogP contribution in [0.25, 0.3) is 0 Å². The van der Waals surface area contributed by atoms with E-state index in [0.717, 1.165) is 12.0 Å². The molecule has 0 aliphatic carbocycles. The molecule has 0 heterocycles. The molecule has 13 heavy (non-hydrogen) atoms. The van der Waals surface area contributed by atoms with E-state index in [4.69, 9.17) is 4.74 Å². The molecule has 1 aromatic carbocycles. The van der Waals surface area contributed by atoms with Crippen molar-refractivity contribution in [1.82, 2.24) is 0 Å². The van der Waals surface area contributed by atoms with E-state index in [1.54, 1.807) is 18.2 Å². The average molecular weight is 202 g/mol. The van der Waals surface area contributed by atoms with Gasteiger partial charge in [-0.25, -0.2) is 0 Å². The molecule has 0 atom stereocenters. The van der Waals surface area contributed by atoms with E-state index in [-0.39, 0.29) is 57.1 Å². The maximum Gasteiger partial charge on any atom is 1.00 e. The fraction of sp³-hybridized carbons (Fsp3) is 0.200. The maximum atomic E-state index is 11.1. The molecule has 2 nitrogen and oxygen atoms in total. The Morgan fingerprint density at radius 3 is 2.77 bits per heavy atom. The number of allylic oxidation sites excluding steroid dienone is 1. The Morgan fingerprint density at radius 2 is 2.23 bits per heavy atom. The second-order valence-electron chi connectivity index (χ2n) is 2.48. The van der Waals surface area contributed by atoms with Gasteiger partial charge in [-0.3, -0.25) is 0 Å². The predicted molar refractivity (Wildman–Crippen MR) is 46.3 cm³/mol. The molecule has 0 aliphatic heterocycles. The van der Waals surface area contributed by atoms with Crippen molar-refractivity contribution in [3.05, 3.63) is 36.4 Å². The van der Waals surface area contributed by atoms with E-state index in [0.29, 0.717) is 5.75 Å². The van der Waals surface area contributed by atoms with Gasteiger partial charge in [0, 0.05) is 0 Å². The summed E-state index contributed by atoms with van der Waals surface area (Å²) in [7, 11) is 1.49. The van der Waals surface area contributed by atoms with Crippen LogP contribution in [0.1, 0.15) is 5.56 Å². The minimum Gasteiger partial charge on any atom is -0.870 e. The molecule has 0 saturated carbocycles. The van der Waals surface area contributed by atoms with Crippen LogP contribution < -0.4 is 61.2 Å². The number of benzene rings is 1. The molecule has 0 N–H and O–H groups in total. The molecule has 0 unspecified atom stereocenters. The summed E-state index contributed by atoms with van der Waals surface area (Å²) in [5.41, 5.74) is 1.04. The van der Waals surface area contributed by atoms with Gasteiger partial charge in [-0.2, -0.15) is 0 Å². The molecular weight excluding hydrogens is 191 g/mol. The second kappa shape index (κ2) is 6.62. The summed E-state index contributed by atoms with van der Waals surface area (Å²) >= 11 is 0. The minimum atomic E-state index is -0.0784. The number of ether oxygens (including phenoxy) is 1. The molecule has 64 valence electrons. The van der Waals surface area contributed by atoms with Gasteiger partial charge in [-0.1, -0.05) is 24.0 Å². The average Bonchev–Trinajstić information content (AvgIpc) is 2.09. The number of hydrogen-bond donors (Lipinski definition) is 0. The van der Waals surface area contributed by atoms with Gasteiger partial charge in [0.2, 0.25) is 0 Å². The molecule has 3 heteroatoms. The van der Waals surface area contributed by atoms with Crippen LogP contribution in [-0.4, -0.2) is 7.11 Å². The molecule has 0 fully saturated rings. The molecule has 1 aromatic rings. The van der Waals surface area contributed by atoms with E-state index in [9.17, 15) is 5.11 Å². The summed E-state index contributed by atoms with van der Waals surface area (Å²) < 4.78 is 4.89. The maximum absolute atomic E-state index is 11.1. The van der Waals surface area contributed by atoms with Crippen molar-refractivity contribution in [1.29, 1.82) is 0 Å². The first kappa shape index (κ1) is 13.2. The molecule has 1 rings (SSSR count). The summed E-state index contributed by atoms with van der Waals surface area (Å²) in [5, 5.41) is 11.1. The van der Waals surface area contributed by atoms with Gasteiger partial charge >= 0.3 is 51.4 Å². The van der Waals surface area contributed by atoms with Crippen LogP contribution in [0.15, 0.2) is 30.9 Å².